The molecule has 5 aliphatic rings. The van der Waals surface area contributed by atoms with Crippen LogP contribution in [0.3, 0.4) is 0 Å². The van der Waals surface area contributed by atoms with E-state index in [-0.39, 0.29) is 30.4 Å². The van der Waals surface area contributed by atoms with Gasteiger partial charge in [0.25, 0.3) is 5.91 Å². The van der Waals surface area contributed by atoms with Gasteiger partial charge >= 0.3 is 5.97 Å². The van der Waals surface area contributed by atoms with E-state index < -0.39 is 0 Å². The SMILES string of the molecule is C[C@H]1CCCC[C@@H]1NC(=O)COC(=O)C1C2CC3CC(C2)CC1C3. The van der Waals surface area contributed by atoms with Gasteiger partial charge in [-0.1, -0.05) is 19.8 Å². The average Bonchev–Trinajstić information content (AvgIpc) is 2.54. The van der Waals surface area contributed by atoms with E-state index in [4.69, 9.17) is 4.74 Å². The van der Waals surface area contributed by atoms with Crippen LogP contribution in [0.5, 0.6) is 0 Å². The molecule has 0 aromatic carbocycles. The second-order valence-electron chi connectivity index (χ2n) is 9.00. The van der Waals surface area contributed by atoms with Gasteiger partial charge in [0.15, 0.2) is 6.61 Å². The molecule has 5 fully saturated rings. The fraction of sp³-hybridized carbons (Fsp3) is 0.900. The number of rotatable bonds is 4. The molecule has 134 valence electrons. The molecule has 4 bridgehead atoms. The summed E-state index contributed by atoms with van der Waals surface area (Å²) in [5.74, 6) is 3.13. The number of esters is 1. The lowest BCUT2D eigenvalue weighted by atomic mass is 9.52. The number of carbonyl (C=O) groups excluding carboxylic acids is 2. The molecule has 0 heterocycles. The number of hydrogen-bond acceptors (Lipinski definition) is 3. The van der Waals surface area contributed by atoms with Gasteiger partial charge in [-0.15, -0.1) is 0 Å². The van der Waals surface area contributed by atoms with E-state index in [0.717, 1.165) is 18.3 Å². The van der Waals surface area contributed by atoms with Crippen molar-refractivity contribution in [3.8, 4) is 0 Å². The maximum absolute atomic E-state index is 12.6. The highest BCUT2D eigenvalue weighted by Gasteiger charge is 2.51. The predicted octanol–water partition coefficient (Wildman–Crippen LogP) is 3.30. The molecule has 4 heteroatoms. The standard InChI is InChI=1S/C20H31NO3/c1-12-4-2-3-5-17(12)21-18(22)11-24-20(23)19-15-7-13-6-14(9-15)10-16(19)8-13/h12-17,19H,2-11H2,1H3,(H,21,22)/t12-,13?,14?,15?,16?,17-,19?/m0/s1. The van der Waals surface area contributed by atoms with E-state index in [9.17, 15) is 9.59 Å². The summed E-state index contributed by atoms with van der Waals surface area (Å²) in [5.41, 5.74) is 0. The van der Waals surface area contributed by atoms with Gasteiger partial charge in [-0.3, -0.25) is 9.59 Å². The van der Waals surface area contributed by atoms with Crippen LogP contribution in [0.2, 0.25) is 0 Å². The normalized spacial score (nSPS) is 43.5. The number of ether oxygens (including phenoxy) is 1. The molecule has 5 rings (SSSR count). The lowest BCUT2D eigenvalue weighted by Crippen LogP contribution is -2.49. The molecule has 1 N–H and O–H groups in total. The molecule has 0 unspecified atom stereocenters. The van der Waals surface area contributed by atoms with Gasteiger partial charge in [0.05, 0.1) is 5.92 Å². The van der Waals surface area contributed by atoms with Gasteiger partial charge in [-0.05, 0) is 74.5 Å². The molecular weight excluding hydrogens is 302 g/mol. The average molecular weight is 333 g/mol. The van der Waals surface area contributed by atoms with E-state index >= 15 is 0 Å². The molecule has 0 saturated heterocycles. The zero-order valence-corrected chi connectivity index (χ0v) is 14.8. The van der Waals surface area contributed by atoms with E-state index in [1.807, 2.05) is 0 Å². The first kappa shape index (κ1) is 16.4. The van der Waals surface area contributed by atoms with Crippen LogP contribution < -0.4 is 5.32 Å². The third-order valence-electron chi connectivity index (χ3n) is 7.30. The van der Waals surface area contributed by atoms with Crippen molar-refractivity contribution < 1.29 is 14.3 Å². The Morgan fingerprint density at radius 1 is 0.958 bits per heavy atom. The Balaban J connectivity index is 1.27. The van der Waals surface area contributed by atoms with Gasteiger partial charge in [0, 0.05) is 6.04 Å². The van der Waals surface area contributed by atoms with Gasteiger partial charge in [0.2, 0.25) is 0 Å². The van der Waals surface area contributed by atoms with Crippen LogP contribution in [0.4, 0.5) is 0 Å². The minimum absolute atomic E-state index is 0.0687. The number of nitrogens with one attached hydrogen (secondary N) is 1. The number of hydrogen-bond donors (Lipinski definition) is 1. The molecule has 24 heavy (non-hydrogen) atoms. The summed E-state index contributed by atoms with van der Waals surface area (Å²) < 4.78 is 5.46. The third kappa shape index (κ3) is 3.21. The van der Waals surface area contributed by atoms with Crippen molar-refractivity contribution in [2.24, 2.45) is 35.5 Å². The highest BCUT2D eigenvalue weighted by molar-refractivity contribution is 5.81. The van der Waals surface area contributed by atoms with Crippen LogP contribution >= 0.6 is 0 Å². The maximum Gasteiger partial charge on any atom is 0.310 e. The van der Waals surface area contributed by atoms with Crippen molar-refractivity contribution in [2.75, 3.05) is 6.61 Å². The van der Waals surface area contributed by atoms with Crippen LogP contribution in [-0.4, -0.2) is 24.5 Å². The largest absolute Gasteiger partial charge is 0.455 e. The van der Waals surface area contributed by atoms with Crippen molar-refractivity contribution in [1.82, 2.24) is 5.32 Å². The Kier molecular flexibility index (Phi) is 4.57. The molecule has 0 aliphatic heterocycles. The van der Waals surface area contributed by atoms with Crippen molar-refractivity contribution in [1.29, 1.82) is 0 Å². The van der Waals surface area contributed by atoms with E-state index in [1.54, 1.807) is 0 Å². The molecule has 0 radical (unpaired) electrons. The second kappa shape index (κ2) is 6.68. The number of amides is 1. The third-order valence-corrected chi connectivity index (χ3v) is 7.30. The van der Waals surface area contributed by atoms with E-state index in [0.29, 0.717) is 17.8 Å². The first-order valence-electron chi connectivity index (χ1n) is 10.1. The lowest BCUT2D eigenvalue weighted by Gasteiger charge is -2.53. The smallest absolute Gasteiger partial charge is 0.310 e. The molecule has 2 atom stereocenters. The van der Waals surface area contributed by atoms with Crippen LogP contribution in [-0.2, 0) is 14.3 Å². The zero-order valence-electron chi connectivity index (χ0n) is 14.8. The summed E-state index contributed by atoms with van der Waals surface area (Å²) in [6, 6.07) is 0.256. The van der Waals surface area contributed by atoms with E-state index in [2.05, 4.69) is 12.2 Å². The first-order chi connectivity index (χ1) is 11.6. The molecule has 0 aromatic rings. The Morgan fingerprint density at radius 3 is 2.21 bits per heavy atom. The molecule has 1 amide bonds. The summed E-state index contributed by atoms with van der Waals surface area (Å²) >= 11 is 0. The van der Waals surface area contributed by atoms with Crippen molar-refractivity contribution in [2.45, 2.75) is 70.8 Å². The minimum atomic E-state index is -0.120. The summed E-state index contributed by atoms with van der Waals surface area (Å²) in [4.78, 5) is 24.8. The molecule has 5 saturated carbocycles. The Hall–Kier alpha value is -1.06. The van der Waals surface area contributed by atoms with Gasteiger partial charge < -0.3 is 10.1 Å². The zero-order chi connectivity index (χ0) is 16.7. The number of carbonyl (C=O) groups is 2. The van der Waals surface area contributed by atoms with Crippen molar-refractivity contribution >= 4 is 11.9 Å². The van der Waals surface area contributed by atoms with Gasteiger partial charge in [-0.25, -0.2) is 0 Å². The van der Waals surface area contributed by atoms with Crippen LogP contribution in [0, 0.1) is 35.5 Å². The summed E-state index contributed by atoms with van der Waals surface area (Å²) in [7, 11) is 0. The Bertz CT molecular complexity index is 475. The Morgan fingerprint density at radius 2 is 1.58 bits per heavy atom. The summed E-state index contributed by atoms with van der Waals surface area (Å²) in [6.07, 6.45) is 10.9. The monoisotopic (exact) mass is 333 g/mol. The summed E-state index contributed by atoms with van der Waals surface area (Å²) in [6.45, 7) is 2.11. The van der Waals surface area contributed by atoms with E-state index in [1.165, 1.54) is 51.4 Å². The highest BCUT2D eigenvalue weighted by atomic mass is 16.5. The topological polar surface area (TPSA) is 55.4 Å². The molecule has 5 aliphatic carbocycles. The lowest BCUT2D eigenvalue weighted by molar-refractivity contribution is -0.165. The fourth-order valence-corrected chi connectivity index (χ4v) is 6.32. The van der Waals surface area contributed by atoms with Gasteiger partial charge in [-0.2, -0.15) is 0 Å². The quantitative estimate of drug-likeness (QED) is 0.803. The molecule has 4 nitrogen and oxygen atoms in total. The molecular formula is C20H31NO3. The van der Waals surface area contributed by atoms with Crippen LogP contribution in [0.25, 0.3) is 0 Å². The van der Waals surface area contributed by atoms with Gasteiger partial charge in [0.1, 0.15) is 0 Å². The highest BCUT2D eigenvalue weighted by Crippen LogP contribution is 2.56. The second-order valence-corrected chi connectivity index (χ2v) is 9.00. The minimum Gasteiger partial charge on any atom is -0.455 e. The maximum atomic E-state index is 12.6. The van der Waals surface area contributed by atoms with Crippen molar-refractivity contribution in [3.63, 3.8) is 0 Å². The predicted molar refractivity (Wildman–Crippen MR) is 91.1 cm³/mol. The first-order valence-corrected chi connectivity index (χ1v) is 10.1. The fourth-order valence-electron chi connectivity index (χ4n) is 6.32. The molecule has 0 spiro atoms. The van der Waals surface area contributed by atoms with Crippen LogP contribution in [0.1, 0.15) is 64.7 Å². The van der Waals surface area contributed by atoms with Crippen LogP contribution in [0.15, 0.2) is 0 Å². The molecule has 0 aromatic heterocycles. The Labute approximate surface area is 145 Å². The van der Waals surface area contributed by atoms with Crippen molar-refractivity contribution in [3.05, 3.63) is 0 Å². The summed E-state index contributed by atoms with van der Waals surface area (Å²) in [5, 5.41) is 3.08.